The van der Waals surface area contributed by atoms with Crippen molar-refractivity contribution in [3.63, 3.8) is 0 Å². The molecule has 1 saturated heterocycles. The summed E-state index contributed by atoms with van der Waals surface area (Å²) in [7, 11) is 0. The average molecular weight is 440 g/mol. The molecule has 2 atom stereocenters. The number of hydrogen-bond donors (Lipinski definition) is 2. The molecule has 0 saturated carbocycles. The number of likely N-dealkylation sites (tertiary alicyclic amines) is 1. The van der Waals surface area contributed by atoms with Gasteiger partial charge in [-0.2, -0.15) is 0 Å². The maximum atomic E-state index is 11.0. The summed E-state index contributed by atoms with van der Waals surface area (Å²) in [6.45, 7) is 2.30. The smallest absolute Gasteiger partial charge is 0.133 e. The van der Waals surface area contributed by atoms with Crippen LogP contribution in [0.4, 0.5) is 0 Å². The van der Waals surface area contributed by atoms with Crippen LogP contribution in [-0.4, -0.2) is 40.3 Å². The molecule has 2 aliphatic rings. The van der Waals surface area contributed by atoms with Crippen LogP contribution in [0.15, 0.2) is 78.9 Å². The molecule has 2 heterocycles. The molecule has 1 fully saturated rings. The number of benzene rings is 4. The number of β-amino-alcohol motifs (C(OH)–C–C–N with tert-alkyl or cyclic N) is 1. The van der Waals surface area contributed by atoms with Gasteiger partial charge < -0.3 is 19.8 Å². The Kier molecular flexibility index (Phi) is 5.10. The van der Waals surface area contributed by atoms with Crippen molar-refractivity contribution in [1.29, 1.82) is 0 Å². The standard InChI is InChI=1S/C29H29NO3/c31-26-18-29(33-28-24-8-4-3-6-21(24)11-12-25(26)28)13-15-30(16-14-29)19-27(32)23-10-9-20-5-1-2-7-22(20)17-23/h1-12,17,26-27,31-32H,13-16,18-19H2/t26-,27+/m0/s1. The SMILES string of the molecule is O[C@H](CN1CCC2(CC1)C[C@H](O)c1ccc3ccccc3c1O2)c1ccc2ccccc2c1. The Morgan fingerprint density at radius 1 is 0.879 bits per heavy atom. The van der Waals surface area contributed by atoms with Crippen molar-refractivity contribution >= 4 is 21.5 Å². The van der Waals surface area contributed by atoms with Crippen molar-refractivity contribution in [2.24, 2.45) is 0 Å². The molecule has 33 heavy (non-hydrogen) atoms. The lowest BCUT2D eigenvalue weighted by atomic mass is 9.81. The van der Waals surface area contributed by atoms with Gasteiger partial charge in [-0.15, -0.1) is 0 Å². The van der Waals surface area contributed by atoms with Gasteiger partial charge >= 0.3 is 0 Å². The lowest BCUT2D eigenvalue weighted by Gasteiger charge is -2.46. The molecule has 2 aliphatic heterocycles. The van der Waals surface area contributed by atoms with E-state index in [1.165, 1.54) is 5.39 Å². The van der Waals surface area contributed by atoms with E-state index in [-0.39, 0.29) is 5.60 Å². The Labute approximate surface area is 194 Å². The Balaban J connectivity index is 1.17. The van der Waals surface area contributed by atoms with E-state index in [0.29, 0.717) is 13.0 Å². The first kappa shape index (κ1) is 20.7. The summed E-state index contributed by atoms with van der Waals surface area (Å²) in [4.78, 5) is 2.32. The zero-order valence-corrected chi connectivity index (χ0v) is 18.7. The third-order valence-electron chi connectivity index (χ3n) is 7.51. The van der Waals surface area contributed by atoms with Crippen LogP contribution in [0.25, 0.3) is 21.5 Å². The number of rotatable bonds is 3. The first-order valence-electron chi connectivity index (χ1n) is 11.9. The highest BCUT2D eigenvalue weighted by atomic mass is 16.5. The lowest BCUT2D eigenvalue weighted by molar-refractivity contribution is -0.0577. The molecule has 168 valence electrons. The quantitative estimate of drug-likeness (QED) is 0.450. The molecule has 0 radical (unpaired) electrons. The van der Waals surface area contributed by atoms with Crippen molar-refractivity contribution in [2.45, 2.75) is 37.1 Å². The average Bonchev–Trinajstić information content (AvgIpc) is 2.85. The van der Waals surface area contributed by atoms with Crippen molar-refractivity contribution in [2.75, 3.05) is 19.6 Å². The Morgan fingerprint density at radius 2 is 1.58 bits per heavy atom. The molecule has 6 rings (SSSR count). The van der Waals surface area contributed by atoms with Crippen LogP contribution >= 0.6 is 0 Å². The molecule has 4 heteroatoms. The van der Waals surface area contributed by atoms with Crippen molar-refractivity contribution in [3.05, 3.63) is 90.0 Å². The van der Waals surface area contributed by atoms with Gasteiger partial charge in [0.15, 0.2) is 0 Å². The van der Waals surface area contributed by atoms with E-state index in [0.717, 1.165) is 59.0 Å². The number of aliphatic hydroxyl groups is 2. The van der Waals surface area contributed by atoms with Gasteiger partial charge in [0.25, 0.3) is 0 Å². The second kappa shape index (κ2) is 8.14. The van der Waals surface area contributed by atoms with Gasteiger partial charge in [0.2, 0.25) is 0 Å². The second-order valence-corrected chi connectivity index (χ2v) is 9.63. The molecule has 0 unspecified atom stereocenters. The molecular weight excluding hydrogens is 410 g/mol. The van der Waals surface area contributed by atoms with Crippen LogP contribution in [0.1, 0.15) is 42.6 Å². The molecule has 1 spiro atoms. The lowest BCUT2D eigenvalue weighted by Crippen LogP contribution is -2.51. The van der Waals surface area contributed by atoms with Crippen LogP contribution in [-0.2, 0) is 0 Å². The fraction of sp³-hybridized carbons (Fsp3) is 0.310. The number of ether oxygens (including phenoxy) is 1. The van der Waals surface area contributed by atoms with E-state index in [9.17, 15) is 10.2 Å². The van der Waals surface area contributed by atoms with Crippen LogP contribution < -0.4 is 4.74 Å². The van der Waals surface area contributed by atoms with E-state index in [4.69, 9.17) is 4.74 Å². The summed E-state index contributed by atoms with van der Waals surface area (Å²) in [5.41, 5.74) is 1.51. The third-order valence-corrected chi connectivity index (χ3v) is 7.51. The number of piperidine rings is 1. The molecule has 4 aromatic carbocycles. The molecule has 4 nitrogen and oxygen atoms in total. The predicted molar refractivity (Wildman–Crippen MR) is 131 cm³/mol. The summed E-state index contributed by atoms with van der Waals surface area (Å²) in [6, 6.07) is 26.7. The van der Waals surface area contributed by atoms with Gasteiger partial charge in [0, 0.05) is 37.0 Å². The largest absolute Gasteiger partial charge is 0.486 e. The van der Waals surface area contributed by atoms with Crippen LogP contribution in [0, 0.1) is 0 Å². The molecule has 0 aromatic heterocycles. The van der Waals surface area contributed by atoms with Crippen molar-refractivity contribution in [1.82, 2.24) is 4.90 Å². The normalized spacial score (nSPS) is 21.1. The number of hydrogen-bond acceptors (Lipinski definition) is 4. The van der Waals surface area contributed by atoms with E-state index < -0.39 is 12.2 Å². The minimum atomic E-state index is -0.522. The van der Waals surface area contributed by atoms with Crippen molar-refractivity contribution in [3.8, 4) is 5.75 Å². The molecule has 4 aromatic rings. The first-order chi connectivity index (χ1) is 16.1. The highest BCUT2D eigenvalue weighted by molar-refractivity contribution is 5.90. The van der Waals surface area contributed by atoms with E-state index in [1.807, 2.05) is 36.4 Å². The summed E-state index contributed by atoms with van der Waals surface area (Å²) >= 11 is 0. The minimum Gasteiger partial charge on any atom is -0.486 e. The van der Waals surface area contributed by atoms with Gasteiger partial charge in [-0.05, 0) is 40.6 Å². The molecule has 2 N–H and O–H groups in total. The van der Waals surface area contributed by atoms with Gasteiger partial charge in [-0.1, -0.05) is 72.8 Å². The second-order valence-electron chi connectivity index (χ2n) is 9.63. The van der Waals surface area contributed by atoms with E-state index in [2.05, 4.69) is 47.4 Å². The fourth-order valence-corrected chi connectivity index (χ4v) is 5.57. The van der Waals surface area contributed by atoms with Gasteiger partial charge in [-0.3, -0.25) is 0 Å². The van der Waals surface area contributed by atoms with Crippen LogP contribution in [0.2, 0.25) is 0 Å². The first-order valence-corrected chi connectivity index (χ1v) is 11.9. The zero-order valence-electron chi connectivity index (χ0n) is 18.7. The summed E-state index contributed by atoms with van der Waals surface area (Å²) < 4.78 is 6.68. The van der Waals surface area contributed by atoms with Crippen LogP contribution in [0.3, 0.4) is 0 Å². The molecular formula is C29H29NO3. The highest BCUT2D eigenvalue weighted by Crippen LogP contribution is 2.47. The summed E-state index contributed by atoms with van der Waals surface area (Å²) in [6.07, 6.45) is 1.28. The summed E-state index contributed by atoms with van der Waals surface area (Å²) in [5.74, 6) is 0.844. The summed E-state index contributed by atoms with van der Waals surface area (Å²) in [5, 5.41) is 26.4. The highest BCUT2D eigenvalue weighted by Gasteiger charge is 2.43. The maximum Gasteiger partial charge on any atom is 0.133 e. The van der Waals surface area contributed by atoms with Gasteiger partial charge in [0.1, 0.15) is 11.4 Å². The van der Waals surface area contributed by atoms with Gasteiger partial charge in [0.05, 0.1) is 12.2 Å². The Hall–Kier alpha value is -2.92. The number of nitrogens with zero attached hydrogens (tertiary/aromatic N) is 1. The Bertz CT molecular complexity index is 1310. The number of fused-ring (bicyclic) bond motifs is 4. The van der Waals surface area contributed by atoms with Crippen molar-refractivity contribution < 1.29 is 14.9 Å². The monoisotopic (exact) mass is 439 g/mol. The van der Waals surface area contributed by atoms with Crippen LogP contribution in [0.5, 0.6) is 5.75 Å². The fourth-order valence-electron chi connectivity index (χ4n) is 5.57. The third kappa shape index (κ3) is 3.78. The maximum absolute atomic E-state index is 11.0. The Morgan fingerprint density at radius 3 is 2.39 bits per heavy atom. The van der Waals surface area contributed by atoms with Gasteiger partial charge in [-0.25, -0.2) is 0 Å². The molecule has 0 bridgehead atoms. The van der Waals surface area contributed by atoms with E-state index >= 15 is 0 Å². The molecule has 0 amide bonds. The predicted octanol–water partition coefficient (Wildman–Crippen LogP) is 5.38. The molecule has 0 aliphatic carbocycles. The topological polar surface area (TPSA) is 52.9 Å². The number of aliphatic hydroxyl groups excluding tert-OH is 2. The zero-order chi connectivity index (χ0) is 22.4. The minimum absolute atomic E-state index is 0.346. The van der Waals surface area contributed by atoms with E-state index in [1.54, 1.807) is 0 Å².